The largest absolute Gasteiger partial charge is 0.479 e. The molecule has 0 aliphatic heterocycles. The first-order valence-electron chi connectivity index (χ1n) is 10.2. The Morgan fingerprint density at radius 3 is 2.56 bits per heavy atom. The Morgan fingerprint density at radius 2 is 1.89 bits per heavy atom. The molecule has 36 heavy (non-hydrogen) atoms. The van der Waals surface area contributed by atoms with Crippen LogP contribution in [-0.2, 0) is 6.54 Å². The molecule has 186 valence electrons. The van der Waals surface area contributed by atoms with E-state index in [1.54, 1.807) is 19.1 Å². The highest BCUT2D eigenvalue weighted by atomic mass is 35.5. The summed E-state index contributed by atoms with van der Waals surface area (Å²) in [5.41, 5.74) is 5.82. The van der Waals surface area contributed by atoms with E-state index in [-0.39, 0.29) is 34.6 Å². The van der Waals surface area contributed by atoms with Crippen molar-refractivity contribution in [3.8, 4) is 28.4 Å². The summed E-state index contributed by atoms with van der Waals surface area (Å²) >= 11 is 12.6. The third-order valence-electron chi connectivity index (χ3n) is 4.82. The van der Waals surface area contributed by atoms with Crippen LogP contribution in [0.4, 0.5) is 9.18 Å². The first-order valence-corrected chi connectivity index (χ1v) is 10.9. The van der Waals surface area contributed by atoms with Crippen LogP contribution in [0.3, 0.4) is 0 Å². The fourth-order valence-corrected chi connectivity index (χ4v) is 3.72. The number of aromatic nitrogens is 3. The molecule has 0 saturated carbocycles. The summed E-state index contributed by atoms with van der Waals surface area (Å²) in [5, 5.41) is 10.4. The SMILES string of the molecule is COc1cc(C(=O)NNC(=O)NCc2ccc(-c3cc(Cl)cc(Cl)c3-c3noc(C)n3)cc2F)on1. The molecule has 0 saturated heterocycles. The minimum absolute atomic E-state index is 0.100. The number of nitrogens with zero attached hydrogens (tertiary/aromatic N) is 3. The van der Waals surface area contributed by atoms with Crippen LogP contribution in [0.1, 0.15) is 22.0 Å². The van der Waals surface area contributed by atoms with Gasteiger partial charge in [0.1, 0.15) is 5.82 Å². The Morgan fingerprint density at radius 1 is 1.08 bits per heavy atom. The number of urea groups is 1. The van der Waals surface area contributed by atoms with Crippen molar-refractivity contribution in [2.24, 2.45) is 0 Å². The standard InChI is InChI=1S/C22H17Cl2FN6O5/c1-10-27-20(31-35-10)19-14(6-13(23)7-15(19)24)11-3-4-12(16(25)5-11)9-26-22(33)29-28-21(32)17-8-18(34-2)30-36-17/h3-8H,9H2,1-2H3,(H,28,32)(H2,26,29,33). The van der Waals surface area contributed by atoms with E-state index in [1.807, 2.05) is 0 Å². The van der Waals surface area contributed by atoms with Crippen molar-refractivity contribution in [2.45, 2.75) is 13.5 Å². The fourth-order valence-electron chi connectivity index (χ4n) is 3.14. The summed E-state index contributed by atoms with van der Waals surface area (Å²) < 4.78 is 29.5. The number of aryl methyl sites for hydroxylation is 1. The van der Waals surface area contributed by atoms with E-state index in [9.17, 15) is 14.0 Å². The van der Waals surface area contributed by atoms with E-state index in [0.29, 0.717) is 27.6 Å². The second kappa shape index (κ2) is 10.6. The molecule has 11 nitrogen and oxygen atoms in total. The minimum Gasteiger partial charge on any atom is -0.479 e. The van der Waals surface area contributed by atoms with Gasteiger partial charge in [0.2, 0.25) is 17.5 Å². The maximum atomic E-state index is 14.9. The number of ether oxygens (including phenoxy) is 1. The summed E-state index contributed by atoms with van der Waals surface area (Å²) in [6.07, 6.45) is 0. The van der Waals surface area contributed by atoms with Crippen LogP contribution in [-0.4, -0.2) is 34.3 Å². The van der Waals surface area contributed by atoms with E-state index in [0.717, 1.165) is 0 Å². The predicted molar refractivity (Wildman–Crippen MR) is 126 cm³/mol. The monoisotopic (exact) mass is 534 g/mol. The molecule has 2 aromatic heterocycles. The zero-order valence-electron chi connectivity index (χ0n) is 18.7. The molecular formula is C22H17Cl2FN6O5. The smallest absolute Gasteiger partial charge is 0.333 e. The molecule has 0 aliphatic rings. The van der Waals surface area contributed by atoms with Crippen LogP contribution >= 0.6 is 23.2 Å². The molecule has 0 radical (unpaired) electrons. The van der Waals surface area contributed by atoms with Crippen LogP contribution in [0.25, 0.3) is 22.5 Å². The Balaban J connectivity index is 1.44. The Labute approximate surface area is 212 Å². The maximum Gasteiger partial charge on any atom is 0.333 e. The van der Waals surface area contributed by atoms with E-state index in [2.05, 4.69) is 31.5 Å². The van der Waals surface area contributed by atoms with Crippen LogP contribution in [0.5, 0.6) is 5.88 Å². The zero-order chi connectivity index (χ0) is 25.8. The Kier molecular flexibility index (Phi) is 7.36. The molecule has 2 heterocycles. The lowest BCUT2D eigenvalue weighted by Gasteiger charge is -2.12. The van der Waals surface area contributed by atoms with Gasteiger partial charge in [0, 0.05) is 29.6 Å². The van der Waals surface area contributed by atoms with Gasteiger partial charge in [-0.25, -0.2) is 14.6 Å². The Hall–Kier alpha value is -4.16. The van der Waals surface area contributed by atoms with Gasteiger partial charge in [-0.15, -0.1) is 0 Å². The molecule has 4 rings (SSSR count). The van der Waals surface area contributed by atoms with Gasteiger partial charge in [-0.05, 0) is 34.5 Å². The molecule has 2 aromatic carbocycles. The van der Waals surface area contributed by atoms with Crippen molar-refractivity contribution in [1.82, 2.24) is 31.5 Å². The second-order valence-corrected chi connectivity index (χ2v) is 8.09. The number of halogens is 3. The molecule has 3 N–H and O–H groups in total. The van der Waals surface area contributed by atoms with Gasteiger partial charge in [-0.3, -0.25) is 10.2 Å². The number of amides is 3. The van der Waals surface area contributed by atoms with Crippen molar-refractivity contribution in [3.63, 3.8) is 0 Å². The van der Waals surface area contributed by atoms with Gasteiger partial charge < -0.3 is 19.1 Å². The van der Waals surface area contributed by atoms with E-state index >= 15 is 0 Å². The van der Waals surface area contributed by atoms with Crippen LogP contribution in [0.15, 0.2) is 45.4 Å². The summed E-state index contributed by atoms with van der Waals surface area (Å²) in [4.78, 5) is 28.1. The Bertz CT molecular complexity index is 1440. The lowest BCUT2D eigenvalue weighted by atomic mass is 9.97. The third kappa shape index (κ3) is 5.56. The number of carbonyl (C=O) groups excluding carboxylic acids is 2. The van der Waals surface area contributed by atoms with Crippen molar-refractivity contribution in [3.05, 3.63) is 69.5 Å². The van der Waals surface area contributed by atoms with Gasteiger partial charge in [0.25, 0.3) is 5.88 Å². The van der Waals surface area contributed by atoms with Crippen LogP contribution < -0.4 is 20.9 Å². The fraction of sp³-hybridized carbons (Fsp3) is 0.136. The number of benzene rings is 2. The molecule has 3 amide bonds. The van der Waals surface area contributed by atoms with Gasteiger partial charge in [0.05, 0.1) is 18.2 Å². The number of carbonyl (C=O) groups is 2. The summed E-state index contributed by atoms with van der Waals surface area (Å²) in [6, 6.07) is 7.99. The third-order valence-corrected chi connectivity index (χ3v) is 5.34. The average molecular weight is 535 g/mol. The van der Waals surface area contributed by atoms with Crippen LogP contribution in [0, 0.1) is 12.7 Å². The van der Waals surface area contributed by atoms with Crippen molar-refractivity contribution in [1.29, 1.82) is 0 Å². The summed E-state index contributed by atoms with van der Waals surface area (Å²) in [7, 11) is 1.36. The quantitative estimate of drug-likeness (QED) is 0.310. The number of methoxy groups -OCH3 is 1. The number of hydrazine groups is 1. The van der Waals surface area contributed by atoms with Gasteiger partial charge in [0.15, 0.2) is 0 Å². The lowest BCUT2D eigenvalue weighted by Crippen LogP contribution is -2.46. The highest BCUT2D eigenvalue weighted by molar-refractivity contribution is 6.37. The predicted octanol–water partition coefficient (Wildman–Crippen LogP) is 4.30. The van der Waals surface area contributed by atoms with Crippen molar-refractivity contribution in [2.75, 3.05) is 7.11 Å². The second-order valence-electron chi connectivity index (χ2n) is 7.25. The molecule has 4 aromatic rings. The normalized spacial score (nSPS) is 10.7. The maximum absolute atomic E-state index is 14.9. The molecule has 14 heteroatoms. The molecule has 0 atom stereocenters. The van der Waals surface area contributed by atoms with Crippen LogP contribution in [0.2, 0.25) is 10.0 Å². The van der Waals surface area contributed by atoms with Gasteiger partial charge in [-0.1, -0.05) is 40.5 Å². The number of nitrogens with one attached hydrogen (secondary N) is 3. The molecule has 0 spiro atoms. The molecular weight excluding hydrogens is 518 g/mol. The molecule has 0 aliphatic carbocycles. The highest BCUT2D eigenvalue weighted by Crippen LogP contribution is 2.39. The zero-order valence-corrected chi connectivity index (χ0v) is 20.2. The summed E-state index contributed by atoms with van der Waals surface area (Å²) in [5.74, 6) is -0.864. The first kappa shape index (κ1) is 24.9. The number of rotatable bonds is 6. The topological polar surface area (TPSA) is 144 Å². The van der Waals surface area contributed by atoms with E-state index in [4.69, 9.17) is 37.0 Å². The van der Waals surface area contributed by atoms with Crippen molar-refractivity contribution < 1.29 is 27.8 Å². The molecule has 0 fully saturated rings. The average Bonchev–Trinajstić information content (AvgIpc) is 3.50. The summed E-state index contributed by atoms with van der Waals surface area (Å²) in [6.45, 7) is 1.46. The molecule has 0 bridgehead atoms. The molecule has 0 unspecified atom stereocenters. The highest BCUT2D eigenvalue weighted by Gasteiger charge is 2.19. The number of hydrogen-bond acceptors (Lipinski definition) is 8. The van der Waals surface area contributed by atoms with Gasteiger partial charge >= 0.3 is 11.9 Å². The van der Waals surface area contributed by atoms with Gasteiger partial charge in [-0.2, -0.15) is 4.98 Å². The van der Waals surface area contributed by atoms with E-state index < -0.39 is 17.8 Å². The number of hydrogen-bond donors (Lipinski definition) is 3. The minimum atomic E-state index is -0.783. The first-order chi connectivity index (χ1) is 17.2. The lowest BCUT2D eigenvalue weighted by molar-refractivity contribution is 0.0898. The van der Waals surface area contributed by atoms with Crippen molar-refractivity contribution >= 4 is 35.1 Å². The van der Waals surface area contributed by atoms with E-state index in [1.165, 1.54) is 31.4 Å².